The summed E-state index contributed by atoms with van der Waals surface area (Å²) in [7, 11) is 0. The zero-order chi connectivity index (χ0) is 16.6. The summed E-state index contributed by atoms with van der Waals surface area (Å²) in [6.07, 6.45) is -0.774. The molecule has 4 nitrogen and oxygen atoms in total. The Morgan fingerprint density at radius 1 is 1.13 bits per heavy atom. The number of nitrogens with zero attached hydrogens (tertiary/aromatic N) is 1. The molecule has 0 aromatic heterocycles. The lowest BCUT2D eigenvalue weighted by Gasteiger charge is -2.24. The van der Waals surface area contributed by atoms with Gasteiger partial charge in [-0.2, -0.15) is 0 Å². The molecule has 1 aliphatic heterocycles. The van der Waals surface area contributed by atoms with E-state index < -0.39 is 11.7 Å². The van der Waals surface area contributed by atoms with E-state index in [0.29, 0.717) is 17.8 Å². The Morgan fingerprint density at radius 3 is 2.43 bits per heavy atom. The van der Waals surface area contributed by atoms with E-state index in [2.05, 4.69) is 0 Å². The molecular weight excluding hydrogens is 290 g/mol. The molecule has 0 saturated heterocycles. The second-order valence-electron chi connectivity index (χ2n) is 6.31. The Labute approximate surface area is 136 Å². The zero-order valence-electron chi connectivity index (χ0n) is 13.4. The van der Waals surface area contributed by atoms with Crippen LogP contribution in [0.25, 0.3) is 0 Å². The topological polar surface area (TPSA) is 60.8 Å². The second-order valence-corrected chi connectivity index (χ2v) is 6.31. The summed E-state index contributed by atoms with van der Waals surface area (Å²) < 4.78 is 0. The molecule has 4 heteroatoms. The monoisotopic (exact) mass is 311 g/mol. The number of anilines is 1. The molecule has 0 saturated carbocycles. The minimum absolute atomic E-state index is 0.00670. The fourth-order valence-corrected chi connectivity index (χ4v) is 3.16. The minimum Gasteiger partial charge on any atom is -0.393 e. The van der Waals surface area contributed by atoms with E-state index in [4.69, 9.17) is 0 Å². The first-order valence-electron chi connectivity index (χ1n) is 7.79. The number of para-hydroxylation sites is 1. The number of carbonyl (C=O) groups excluding carboxylic acids is 1. The van der Waals surface area contributed by atoms with Gasteiger partial charge in [-0.15, -0.1) is 0 Å². The van der Waals surface area contributed by atoms with Gasteiger partial charge in [0.15, 0.2) is 5.60 Å². The maximum atomic E-state index is 12.9. The molecule has 1 aliphatic rings. The molecule has 0 radical (unpaired) electrons. The van der Waals surface area contributed by atoms with Crippen molar-refractivity contribution < 1.29 is 15.0 Å². The van der Waals surface area contributed by atoms with Crippen molar-refractivity contribution in [2.24, 2.45) is 0 Å². The lowest BCUT2D eigenvalue weighted by Crippen LogP contribution is -2.41. The highest BCUT2D eigenvalue weighted by molar-refractivity contribution is 6.06. The highest BCUT2D eigenvalue weighted by Crippen LogP contribution is 2.43. The lowest BCUT2D eigenvalue weighted by molar-refractivity contribution is -0.139. The Morgan fingerprint density at radius 2 is 1.78 bits per heavy atom. The first kappa shape index (κ1) is 15.7. The molecule has 0 aliphatic carbocycles. The van der Waals surface area contributed by atoms with E-state index in [0.717, 1.165) is 11.1 Å². The van der Waals surface area contributed by atoms with Crippen molar-refractivity contribution >= 4 is 11.6 Å². The number of rotatable bonds is 4. The van der Waals surface area contributed by atoms with Crippen molar-refractivity contribution in [3.63, 3.8) is 0 Å². The van der Waals surface area contributed by atoms with Crippen LogP contribution in [0.15, 0.2) is 48.5 Å². The van der Waals surface area contributed by atoms with E-state index in [-0.39, 0.29) is 12.3 Å². The van der Waals surface area contributed by atoms with Crippen molar-refractivity contribution in [1.82, 2.24) is 0 Å². The summed E-state index contributed by atoms with van der Waals surface area (Å²) >= 11 is 0. The predicted octanol–water partition coefficient (Wildman–Crippen LogP) is 2.50. The van der Waals surface area contributed by atoms with Crippen LogP contribution >= 0.6 is 0 Å². The molecule has 0 unspecified atom stereocenters. The van der Waals surface area contributed by atoms with Gasteiger partial charge in [-0.25, -0.2) is 0 Å². The third-order valence-electron chi connectivity index (χ3n) is 4.29. The van der Waals surface area contributed by atoms with E-state index in [1.807, 2.05) is 43.3 Å². The Kier molecular flexibility index (Phi) is 3.96. The predicted molar refractivity (Wildman–Crippen MR) is 89.0 cm³/mol. The van der Waals surface area contributed by atoms with Crippen molar-refractivity contribution in [3.8, 4) is 0 Å². The number of fused-ring (bicyclic) bond motifs is 1. The number of aryl methyl sites for hydroxylation is 1. The largest absolute Gasteiger partial charge is 0.393 e. The van der Waals surface area contributed by atoms with Crippen LogP contribution < -0.4 is 4.90 Å². The Balaban J connectivity index is 1.98. The van der Waals surface area contributed by atoms with Crippen LogP contribution in [0.1, 0.15) is 30.0 Å². The number of benzene rings is 2. The molecule has 0 fully saturated rings. The van der Waals surface area contributed by atoms with Crippen LogP contribution in [0.4, 0.5) is 5.69 Å². The van der Waals surface area contributed by atoms with Gasteiger partial charge in [0.05, 0.1) is 18.3 Å². The van der Waals surface area contributed by atoms with Gasteiger partial charge in [-0.05, 0) is 25.5 Å². The molecule has 0 spiro atoms. The van der Waals surface area contributed by atoms with Crippen LogP contribution in [-0.4, -0.2) is 22.2 Å². The van der Waals surface area contributed by atoms with Gasteiger partial charge < -0.3 is 15.1 Å². The Hall–Kier alpha value is -2.17. The third-order valence-corrected chi connectivity index (χ3v) is 4.29. The van der Waals surface area contributed by atoms with Crippen LogP contribution in [0.2, 0.25) is 0 Å². The first-order valence-corrected chi connectivity index (χ1v) is 7.79. The van der Waals surface area contributed by atoms with Crippen molar-refractivity contribution in [2.45, 2.75) is 38.5 Å². The standard InChI is InChI=1S/C19H21NO3/c1-13-7-9-15(10-8-13)12-20-17-6-4-3-5-16(17)19(23,18(20)22)11-14(2)21/h3-10,14,21,23H,11-12H2,1-2H3/t14-,19+/m0/s1. The second kappa shape index (κ2) is 5.80. The van der Waals surface area contributed by atoms with Crippen LogP contribution in [-0.2, 0) is 16.9 Å². The van der Waals surface area contributed by atoms with Gasteiger partial charge in [0.1, 0.15) is 0 Å². The third kappa shape index (κ3) is 2.76. The van der Waals surface area contributed by atoms with E-state index >= 15 is 0 Å². The van der Waals surface area contributed by atoms with E-state index in [9.17, 15) is 15.0 Å². The maximum Gasteiger partial charge on any atom is 0.264 e. The zero-order valence-corrected chi connectivity index (χ0v) is 13.4. The lowest BCUT2D eigenvalue weighted by atomic mass is 9.90. The molecule has 3 rings (SSSR count). The fraction of sp³-hybridized carbons (Fsp3) is 0.316. The maximum absolute atomic E-state index is 12.9. The highest BCUT2D eigenvalue weighted by Gasteiger charge is 2.49. The van der Waals surface area contributed by atoms with Gasteiger partial charge in [-0.3, -0.25) is 4.79 Å². The van der Waals surface area contributed by atoms with Gasteiger partial charge >= 0.3 is 0 Å². The number of aliphatic hydroxyl groups excluding tert-OH is 1. The fourth-order valence-electron chi connectivity index (χ4n) is 3.16. The molecule has 2 aromatic carbocycles. The number of aliphatic hydroxyl groups is 2. The smallest absolute Gasteiger partial charge is 0.264 e. The van der Waals surface area contributed by atoms with Crippen molar-refractivity contribution in [2.75, 3.05) is 4.90 Å². The highest BCUT2D eigenvalue weighted by atomic mass is 16.3. The molecule has 0 bridgehead atoms. The van der Waals surface area contributed by atoms with Crippen LogP contribution in [0, 0.1) is 6.92 Å². The summed E-state index contributed by atoms with van der Waals surface area (Å²) in [6, 6.07) is 15.2. The van der Waals surface area contributed by atoms with Gasteiger partial charge in [0, 0.05) is 12.0 Å². The normalized spacial score (nSPS) is 21.4. The SMILES string of the molecule is Cc1ccc(CN2C(=O)[C@@](O)(C[C@H](C)O)c3ccccc32)cc1. The average Bonchev–Trinajstić information content (AvgIpc) is 2.71. The number of amides is 1. The molecule has 1 amide bonds. The molecule has 1 heterocycles. The number of carbonyl (C=O) groups is 1. The van der Waals surface area contributed by atoms with Gasteiger partial charge in [0.25, 0.3) is 5.91 Å². The number of hydrogen-bond donors (Lipinski definition) is 2. The molecule has 120 valence electrons. The number of hydrogen-bond acceptors (Lipinski definition) is 3. The van der Waals surface area contributed by atoms with Crippen LogP contribution in [0.3, 0.4) is 0 Å². The molecule has 2 N–H and O–H groups in total. The van der Waals surface area contributed by atoms with E-state index in [1.165, 1.54) is 0 Å². The van der Waals surface area contributed by atoms with E-state index in [1.54, 1.807) is 24.0 Å². The summed E-state index contributed by atoms with van der Waals surface area (Å²) in [5.74, 6) is -0.375. The first-order chi connectivity index (χ1) is 10.9. The van der Waals surface area contributed by atoms with Crippen molar-refractivity contribution in [1.29, 1.82) is 0 Å². The molecule has 23 heavy (non-hydrogen) atoms. The van der Waals surface area contributed by atoms with Crippen LogP contribution in [0.5, 0.6) is 0 Å². The van der Waals surface area contributed by atoms with Crippen molar-refractivity contribution in [3.05, 3.63) is 65.2 Å². The summed E-state index contributed by atoms with van der Waals surface area (Å²) in [4.78, 5) is 14.5. The molecule has 2 atom stereocenters. The summed E-state index contributed by atoms with van der Waals surface area (Å²) in [5.41, 5.74) is 1.78. The quantitative estimate of drug-likeness (QED) is 0.912. The molecular formula is C19H21NO3. The summed E-state index contributed by atoms with van der Waals surface area (Å²) in [6.45, 7) is 4.00. The average molecular weight is 311 g/mol. The van der Waals surface area contributed by atoms with Gasteiger partial charge in [-0.1, -0.05) is 48.0 Å². The minimum atomic E-state index is -1.66. The summed E-state index contributed by atoms with van der Waals surface area (Å²) in [5, 5.41) is 20.6. The van der Waals surface area contributed by atoms with Gasteiger partial charge in [0.2, 0.25) is 0 Å². The molecule has 2 aromatic rings. The Bertz CT molecular complexity index is 724.